The van der Waals surface area contributed by atoms with E-state index < -0.39 is 5.60 Å². The zero-order valence-corrected chi connectivity index (χ0v) is 12.3. The fourth-order valence-electron chi connectivity index (χ4n) is 2.93. The molecule has 0 amide bonds. The quantitative estimate of drug-likeness (QED) is 0.613. The van der Waals surface area contributed by atoms with Gasteiger partial charge in [-0.15, -0.1) is 0 Å². The zero-order valence-electron chi connectivity index (χ0n) is 12.3. The Bertz CT molecular complexity index is 548. The molecular formula is C17H21FO2. The number of carbonyl (C=O) groups is 1. The highest BCUT2D eigenvalue weighted by Crippen LogP contribution is 2.44. The van der Waals surface area contributed by atoms with Gasteiger partial charge in [0.2, 0.25) is 0 Å². The Hall–Kier alpha value is -1.64. The first-order valence-corrected chi connectivity index (χ1v) is 7.04. The van der Waals surface area contributed by atoms with Crippen LogP contribution in [0.15, 0.2) is 30.4 Å². The minimum Gasteiger partial charge on any atom is -0.451 e. The van der Waals surface area contributed by atoms with Crippen LogP contribution in [-0.2, 0) is 21.6 Å². The van der Waals surface area contributed by atoms with E-state index in [1.807, 2.05) is 13.8 Å². The number of hydrogen-bond donors (Lipinski definition) is 0. The highest BCUT2D eigenvalue weighted by molar-refractivity contribution is 5.87. The van der Waals surface area contributed by atoms with Gasteiger partial charge in [0.05, 0.1) is 0 Å². The Morgan fingerprint density at radius 2 is 2.15 bits per heavy atom. The van der Waals surface area contributed by atoms with Crippen molar-refractivity contribution in [3.63, 3.8) is 0 Å². The number of benzene rings is 1. The van der Waals surface area contributed by atoms with E-state index >= 15 is 0 Å². The van der Waals surface area contributed by atoms with E-state index in [9.17, 15) is 9.18 Å². The van der Waals surface area contributed by atoms with Crippen LogP contribution in [0.5, 0.6) is 0 Å². The molecule has 1 aromatic carbocycles. The molecule has 0 aromatic heterocycles. The summed E-state index contributed by atoms with van der Waals surface area (Å²) in [6, 6.07) is 4.76. The summed E-state index contributed by atoms with van der Waals surface area (Å²) in [4.78, 5) is 12.0. The molecule has 1 atom stereocenters. The molecule has 0 spiro atoms. The van der Waals surface area contributed by atoms with E-state index in [4.69, 9.17) is 4.74 Å². The molecule has 20 heavy (non-hydrogen) atoms. The number of fused-ring (bicyclic) bond motifs is 1. The number of rotatable bonds is 3. The third-order valence-corrected chi connectivity index (χ3v) is 4.07. The monoisotopic (exact) mass is 276 g/mol. The Morgan fingerprint density at radius 3 is 2.75 bits per heavy atom. The molecule has 0 radical (unpaired) electrons. The molecule has 0 aliphatic heterocycles. The average Bonchev–Trinajstić information content (AvgIpc) is 2.37. The van der Waals surface area contributed by atoms with Crippen molar-refractivity contribution in [2.75, 3.05) is 0 Å². The highest BCUT2D eigenvalue weighted by atomic mass is 19.1. The molecule has 2 rings (SSSR count). The number of aryl methyl sites for hydroxylation is 1. The van der Waals surface area contributed by atoms with E-state index in [-0.39, 0.29) is 17.7 Å². The van der Waals surface area contributed by atoms with Gasteiger partial charge in [-0.25, -0.2) is 9.18 Å². The number of ether oxygens (including phenoxy) is 1. The number of carbonyl (C=O) groups excluding carboxylic acids is 1. The topological polar surface area (TPSA) is 26.3 Å². The second-order valence-corrected chi connectivity index (χ2v) is 5.87. The Labute approximate surface area is 119 Å². The van der Waals surface area contributed by atoms with Crippen LogP contribution in [0, 0.1) is 11.7 Å². The van der Waals surface area contributed by atoms with Gasteiger partial charge in [-0.1, -0.05) is 26.5 Å². The Kier molecular flexibility index (Phi) is 3.98. The molecule has 0 fully saturated rings. The van der Waals surface area contributed by atoms with Crippen LogP contribution < -0.4 is 0 Å². The molecule has 0 N–H and O–H groups in total. The summed E-state index contributed by atoms with van der Waals surface area (Å²) in [5.41, 5.74) is 1.60. The van der Waals surface area contributed by atoms with Gasteiger partial charge < -0.3 is 4.74 Å². The van der Waals surface area contributed by atoms with Crippen LogP contribution >= 0.6 is 0 Å². The van der Waals surface area contributed by atoms with E-state index in [1.165, 1.54) is 6.07 Å². The molecule has 0 saturated carbocycles. The smallest absolute Gasteiger partial charge is 0.334 e. The molecule has 1 unspecified atom stereocenters. The van der Waals surface area contributed by atoms with Crippen molar-refractivity contribution in [3.05, 3.63) is 47.3 Å². The first-order chi connectivity index (χ1) is 9.36. The van der Waals surface area contributed by atoms with Gasteiger partial charge in [0.15, 0.2) is 0 Å². The van der Waals surface area contributed by atoms with Crippen molar-refractivity contribution in [2.45, 2.75) is 45.6 Å². The highest BCUT2D eigenvalue weighted by Gasteiger charge is 2.43. The average molecular weight is 276 g/mol. The van der Waals surface area contributed by atoms with Gasteiger partial charge >= 0.3 is 5.97 Å². The van der Waals surface area contributed by atoms with Gasteiger partial charge in [-0.05, 0) is 55.4 Å². The normalized spacial score (nSPS) is 21.4. The summed E-state index contributed by atoms with van der Waals surface area (Å²) >= 11 is 0. The summed E-state index contributed by atoms with van der Waals surface area (Å²) < 4.78 is 19.2. The second-order valence-electron chi connectivity index (χ2n) is 5.87. The SMILES string of the molecule is C=C(C)C(=O)OC1(C(C)C)CCCc2cc(F)ccc21. The van der Waals surface area contributed by atoms with Gasteiger partial charge in [-0.2, -0.15) is 0 Å². The lowest BCUT2D eigenvalue weighted by Crippen LogP contribution is -2.41. The molecule has 0 saturated heterocycles. The lowest BCUT2D eigenvalue weighted by molar-refractivity contribution is -0.164. The summed E-state index contributed by atoms with van der Waals surface area (Å²) in [5, 5.41) is 0. The van der Waals surface area contributed by atoms with Crippen molar-refractivity contribution in [1.29, 1.82) is 0 Å². The lowest BCUT2D eigenvalue weighted by Gasteiger charge is -2.41. The fourth-order valence-corrected chi connectivity index (χ4v) is 2.93. The number of esters is 1. The van der Waals surface area contributed by atoms with Crippen LogP contribution in [0.2, 0.25) is 0 Å². The second kappa shape index (κ2) is 5.39. The van der Waals surface area contributed by atoms with Crippen LogP contribution in [0.25, 0.3) is 0 Å². The third kappa shape index (κ3) is 2.49. The maximum atomic E-state index is 13.4. The Morgan fingerprint density at radius 1 is 1.45 bits per heavy atom. The van der Waals surface area contributed by atoms with E-state index in [0.717, 1.165) is 30.4 Å². The van der Waals surface area contributed by atoms with Crippen LogP contribution in [0.3, 0.4) is 0 Å². The summed E-state index contributed by atoms with van der Waals surface area (Å²) in [5.74, 6) is -0.499. The zero-order chi connectivity index (χ0) is 14.9. The molecule has 1 aromatic rings. The Balaban J connectivity index is 2.50. The minimum absolute atomic E-state index is 0.121. The fraction of sp³-hybridized carbons (Fsp3) is 0.471. The molecule has 1 aliphatic rings. The molecule has 0 bridgehead atoms. The van der Waals surface area contributed by atoms with Gasteiger partial charge in [0, 0.05) is 5.57 Å². The van der Waals surface area contributed by atoms with Crippen molar-refractivity contribution in [3.8, 4) is 0 Å². The van der Waals surface area contributed by atoms with Gasteiger partial charge in [-0.3, -0.25) is 0 Å². The van der Waals surface area contributed by atoms with E-state index in [1.54, 1.807) is 19.1 Å². The summed E-state index contributed by atoms with van der Waals surface area (Å²) in [6.45, 7) is 9.35. The van der Waals surface area contributed by atoms with Gasteiger partial charge in [0.1, 0.15) is 11.4 Å². The molecule has 2 nitrogen and oxygen atoms in total. The molecule has 3 heteroatoms. The lowest BCUT2D eigenvalue weighted by atomic mass is 9.72. The first-order valence-electron chi connectivity index (χ1n) is 7.04. The number of halogens is 1. The minimum atomic E-state index is -0.669. The largest absolute Gasteiger partial charge is 0.451 e. The van der Waals surface area contributed by atoms with E-state index in [2.05, 4.69) is 6.58 Å². The van der Waals surface area contributed by atoms with Crippen LogP contribution in [-0.4, -0.2) is 5.97 Å². The predicted octanol–water partition coefficient (Wildman–Crippen LogP) is 4.13. The molecule has 108 valence electrons. The van der Waals surface area contributed by atoms with Crippen molar-refractivity contribution < 1.29 is 13.9 Å². The predicted molar refractivity (Wildman–Crippen MR) is 76.8 cm³/mol. The molecule has 1 aliphatic carbocycles. The standard InChI is InChI=1S/C17H21FO2/c1-11(2)16(19)20-17(12(3)4)9-5-6-13-10-14(18)7-8-15(13)17/h7-8,10,12H,1,5-6,9H2,2-4H3. The van der Waals surface area contributed by atoms with E-state index in [0.29, 0.717) is 5.57 Å². The third-order valence-electron chi connectivity index (χ3n) is 4.07. The molecule has 0 heterocycles. The maximum absolute atomic E-state index is 13.4. The van der Waals surface area contributed by atoms with Crippen molar-refractivity contribution in [1.82, 2.24) is 0 Å². The summed E-state index contributed by atoms with van der Waals surface area (Å²) in [6.07, 6.45) is 2.48. The van der Waals surface area contributed by atoms with Gasteiger partial charge in [0.25, 0.3) is 0 Å². The molecular weight excluding hydrogens is 255 g/mol. The first kappa shape index (κ1) is 14.8. The number of hydrogen-bond acceptors (Lipinski definition) is 2. The maximum Gasteiger partial charge on any atom is 0.334 e. The van der Waals surface area contributed by atoms with Crippen molar-refractivity contribution in [2.24, 2.45) is 5.92 Å². The van der Waals surface area contributed by atoms with Crippen molar-refractivity contribution >= 4 is 5.97 Å². The van der Waals surface area contributed by atoms with Crippen LogP contribution in [0.1, 0.15) is 44.7 Å². The summed E-state index contributed by atoms with van der Waals surface area (Å²) in [7, 11) is 0. The van der Waals surface area contributed by atoms with Crippen LogP contribution in [0.4, 0.5) is 4.39 Å².